The zero-order valence-electron chi connectivity index (χ0n) is 7.38. The Morgan fingerprint density at radius 2 is 2.43 bits per heavy atom. The number of hydrogen-bond donors (Lipinski definition) is 0. The van der Waals surface area contributed by atoms with Crippen LogP contribution in [0.4, 0.5) is 10.1 Å². The van der Waals surface area contributed by atoms with Crippen LogP contribution in [-0.4, -0.2) is 5.16 Å². The molecule has 1 nitrogen and oxygen atoms in total. The number of rotatable bonds is 3. The SMILES string of the molecule is C=CC(C)c1sc(F)c(N=C=S)c1Cl. The van der Waals surface area contributed by atoms with Gasteiger partial charge < -0.3 is 0 Å². The highest BCUT2D eigenvalue weighted by Crippen LogP contribution is 2.42. The summed E-state index contributed by atoms with van der Waals surface area (Å²) in [6, 6.07) is 0. The lowest BCUT2D eigenvalue weighted by Gasteiger charge is -2.01. The molecule has 0 amide bonds. The van der Waals surface area contributed by atoms with Gasteiger partial charge in [-0.2, -0.15) is 9.38 Å². The molecule has 0 aliphatic heterocycles. The maximum atomic E-state index is 13.3. The van der Waals surface area contributed by atoms with Crippen LogP contribution in [0.1, 0.15) is 17.7 Å². The Morgan fingerprint density at radius 1 is 1.79 bits per heavy atom. The van der Waals surface area contributed by atoms with E-state index in [0.29, 0.717) is 9.90 Å². The maximum Gasteiger partial charge on any atom is 0.204 e. The summed E-state index contributed by atoms with van der Waals surface area (Å²) < 4.78 is 13.3. The molecule has 0 fully saturated rings. The van der Waals surface area contributed by atoms with Crippen molar-refractivity contribution in [3.63, 3.8) is 0 Å². The van der Waals surface area contributed by atoms with Gasteiger partial charge in [0.1, 0.15) is 5.69 Å². The predicted molar refractivity (Wildman–Crippen MR) is 62.6 cm³/mol. The molecule has 0 N–H and O–H groups in total. The molecular formula is C9H7ClFNS2. The Morgan fingerprint density at radius 3 is 2.93 bits per heavy atom. The first-order valence-corrected chi connectivity index (χ1v) is 5.40. The van der Waals surface area contributed by atoms with Gasteiger partial charge in [0.05, 0.1) is 10.2 Å². The summed E-state index contributed by atoms with van der Waals surface area (Å²) in [5.41, 5.74) is 0.0790. The van der Waals surface area contributed by atoms with E-state index in [1.165, 1.54) is 0 Å². The minimum Gasteiger partial charge on any atom is -0.193 e. The number of nitrogens with zero attached hydrogens (tertiary/aromatic N) is 1. The van der Waals surface area contributed by atoms with Gasteiger partial charge in [0.15, 0.2) is 0 Å². The third-order valence-corrected chi connectivity index (χ3v) is 3.49. The first-order valence-electron chi connectivity index (χ1n) is 3.80. The van der Waals surface area contributed by atoms with Crippen LogP contribution in [-0.2, 0) is 0 Å². The molecule has 0 radical (unpaired) electrons. The lowest BCUT2D eigenvalue weighted by molar-refractivity contribution is 0.659. The summed E-state index contributed by atoms with van der Waals surface area (Å²) in [5.74, 6) is 0.0103. The van der Waals surface area contributed by atoms with Crippen molar-refractivity contribution in [2.45, 2.75) is 12.8 Å². The Hall–Kier alpha value is -0.540. The van der Waals surface area contributed by atoms with Crippen molar-refractivity contribution in [3.05, 3.63) is 27.7 Å². The minimum atomic E-state index is -0.434. The molecule has 74 valence electrons. The van der Waals surface area contributed by atoms with E-state index in [0.717, 1.165) is 11.3 Å². The molecule has 0 aliphatic carbocycles. The Balaban J connectivity index is 3.29. The van der Waals surface area contributed by atoms with Gasteiger partial charge in [-0.15, -0.1) is 17.9 Å². The fraction of sp³-hybridized carbons (Fsp3) is 0.222. The Bertz CT molecular complexity index is 407. The second-order valence-corrected chi connectivity index (χ2v) is 4.19. The molecule has 0 aromatic carbocycles. The molecule has 5 heteroatoms. The Kier molecular flexibility index (Phi) is 3.96. The van der Waals surface area contributed by atoms with Gasteiger partial charge in [-0.05, 0) is 12.2 Å². The summed E-state index contributed by atoms with van der Waals surface area (Å²) in [6.45, 7) is 5.51. The smallest absolute Gasteiger partial charge is 0.193 e. The van der Waals surface area contributed by atoms with Crippen molar-refractivity contribution in [2.75, 3.05) is 0 Å². The number of aliphatic imine (C=N–C) groups is 1. The van der Waals surface area contributed by atoms with Crippen LogP contribution in [0.25, 0.3) is 0 Å². The monoisotopic (exact) mass is 247 g/mol. The molecule has 0 saturated carbocycles. The van der Waals surface area contributed by atoms with Crippen molar-refractivity contribution in [2.24, 2.45) is 4.99 Å². The standard InChI is InChI=1S/C9H7ClFNS2/c1-3-5(2)8-6(10)7(12-4-13)9(11)14-8/h3,5H,1H2,2H3. The van der Waals surface area contributed by atoms with Crippen LogP contribution in [0.15, 0.2) is 17.6 Å². The second kappa shape index (κ2) is 4.80. The van der Waals surface area contributed by atoms with Crippen molar-refractivity contribution in [1.82, 2.24) is 0 Å². The average Bonchev–Trinajstić information content (AvgIpc) is 2.45. The van der Waals surface area contributed by atoms with Crippen LogP contribution >= 0.6 is 35.2 Å². The van der Waals surface area contributed by atoms with Crippen molar-refractivity contribution in [3.8, 4) is 0 Å². The topological polar surface area (TPSA) is 12.4 Å². The summed E-state index contributed by atoms with van der Waals surface area (Å²) >= 11 is 11.3. The highest BCUT2D eigenvalue weighted by Gasteiger charge is 2.18. The van der Waals surface area contributed by atoms with E-state index >= 15 is 0 Å². The third kappa shape index (κ3) is 2.10. The molecule has 1 aromatic rings. The van der Waals surface area contributed by atoms with Crippen LogP contribution in [0.5, 0.6) is 0 Å². The first-order chi connectivity index (χ1) is 6.61. The molecule has 1 unspecified atom stereocenters. The zero-order chi connectivity index (χ0) is 10.7. The van der Waals surface area contributed by atoms with Crippen LogP contribution in [0, 0.1) is 5.13 Å². The van der Waals surface area contributed by atoms with E-state index in [-0.39, 0.29) is 11.6 Å². The molecule has 14 heavy (non-hydrogen) atoms. The largest absolute Gasteiger partial charge is 0.204 e. The number of halogens is 2. The van der Waals surface area contributed by atoms with Crippen LogP contribution in [0.2, 0.25) is 5.02 Å². The molecule has 1 aromatic heterocycles. The maximum absolute atomic E-state index is 13.3. The van der Waals surface area contributed by atoms with E-state index < -0.39 is 5.13 Å². The third-order valence-electron chi connectivity index (χ3n) is 1.73. The molecule has 1 rings (SSSR count). The normalized spacial score (nSPS) is 11.9. The lowest BCUT2D eigenvalue weighted by atomic mass is 10.1. The fourth-order valence-electron chi connectivity index (χ4n) is 0.931. The van der Waals surface area contributed by atoms with Crippen molar-refractivity contribution >= 4 is 46.0 Å². The average molecular weight is 248 g/mol. The number of thiophene rings is 1. The van der Waals surface area contributed by atoms with Gasteiger partial charge in [0.25, 0.3) is 0 Å². The van der Waals surface area contributed by atoms with Gasteiger partial charge in [0.2, 0.25) is 5.13 Å². The van der Waals surface area contributed by atoms with E-state index in [4.69, 9.17) is 11.6 Å². The quantitative estimate of drug-likeness (QED) is 0.433. The van der Waals surface area contributed by atoms with E-state index in [1.54, 1.807) is 6.08 Å². The number of thiocarbonyl (C=S) groups is 1. The van der Waals surface area contributed by atoms with Gasteiger partial charge >= 0.3 is 0 Å². The summed E-state index contributed by atoms with van der Waals surface area (Å²) in [4.78, 5) is 4.29. The molecule has 1 atom stereocenters. The van der Waals surface area contributed by atoms with Gasteiger partial charge in [0, 0.05) is 10.8 Å². The minimum absolute atomic E-state index is 0.0103. The molecule has 0 spiro atoms. The highest BCUT2D eigenvalue weighted by atomic mass is 35.5. The molecule has 0 aliphatic rings. The zero-order valence-corrected chi connectivity index (χ0v) is 9.77. The highest BCUT2D eigenvalue weighted by molar-refractivity contribution is 7.78. The van der Waals surface area contributed by atoms with Crippen LogP contribution in [0.3, 0.4) is 0 Å². The second-order valence-electron chi connectivity index (χ2n) is 2.63. The molecule has 0 saturated heterocycles. The number of hydrogen-bond acceptors (Lipinski definition) is 3. The van der Waals surface area contributed by atoms with Gasteiger partial charge in [-0.1, -0.05) is 24.6 Å². The van der Waals surface area contributed by atoms with Crippen molar-refractivity contribution < 1.29 is 4.39 Å². The van der Waals surface area contributed by atoms with E-state index in [2.05, 4.69) is 29.0 Å². The molecule has 1 heterocycles. The van der Waals surface area contributed by atoms with E-state index in [9.17, 15) is 4.39 Å². The summed E-state index contributed by atoms with van der Waals surface area (Å²) in [5, 5.41) is 1.97. The number of isothiocyanates is 1. The number of allylic oxidation sites excluding steroid dienone is 1. The fourth-order valence-corrected chi connectivity index (χ4v) is 2.40. The molecule has 0 bridgehead atoms. The first kappa shape index (κ1) is 11.5. The lowest BCUT2D eigenvalue weighted by Crippen LogP contribution is -1.82. The Labute approximate surface area is 95.9 Å². The van der Waals surface area contributed by atoms with Gasteiger partial charge in [-0.25, -0.2) is 0 Å². The van der Waals surface area contributed by atoms with Gasteiger partial charge in [-0.3, -0.25) is 0 Å². The predicted octanol–water partition coefficient (Wildman–Crippen LogP) is 4.56. The summed E-state index contributed by atoms with van der Waals surface area (Å²) in [7, 11) is 0. The van der Waals surface area contributed by atoms with Crippen LogP contribution < -0.4 is 0 Å². The summed E-state index contributed by atoms with van der Waals surface area (Å²) in [6.07, 6.45) is 1.70. The molecular weight excluding hydrogens is 241 g/mol. The van der Waals surface area contributed by atoms with E-state index in [1.807, 2.05) is 6.92 Å². The van der Waals surface area contributed by atoms with Crippen molar-refractivity contribution in [1.29, 1.82) is 0 Å².